The van der Waals surface area contributed by atoms with Gasteiger partial charge in [0.15, 0.2) is 0 Å². The standard InChI is InChI=1S/C17H27FN2S/c1-12-5-6-15(11-16(12)18)17(19-4)7-8-20-9-10-21-14(3)13(20)2/h5-6,11,13-14,17,19H,7-10H2,1-4H3. The lowest BCUT2D eigenvalue weighted by molar-refractivity contribution is 0.202. The van der Waals surface area contributed by atoms with Gasteiger partial charge in [-0.3, -0.25) is 4.90 Å². The number of benzene rings is 1. The predicted molar refractivity (Wildman–Crippen MR) is 90.5 cm³/mol. The average Bonchev–Trinajstić information content (AvgIpc) is 2.47. The first kappa shape index (κ1) is 16.8. The van der Waals surface area contributed by atoms with Crippen LogP contribution in [0, 0.1) is 12.7 Å². The molecule has 0 spiro atoms. The monoisotopic (exact) mass is 310 g/mol. The highest BCUT2D eigenvalue weighted by Crippen LogP contribution is 2.26. The smallest absolute Gasteiger partial charge is 0.126 e. The van der Waals surface area contributed by atoms with Crippen LogP contribution in [0.4, 0.5) is 4.39 Å². The maximum atomic E-state index is 13.7. The van der Waals surface area contributed by atoms with E-state index in [4.69, 9.17) is 0 Å². The second kappa shape index (κ2) is 7.61. The number of hydrogen-bond acceptors (Lipinski definition) is 3. The summed E-state index contributed by atoms with van der Waals surface area (Å²) in [6, 6.07) is 6.43. The normalized spacial score (nSPS) is 25.0. The molecule has 2 nitrogen and oxygen atoms in total. The van der Waals surface area contributed by atoms with Gasteiger partial charge in [-0.15, -0.1) is 0 Å². The summed E-state index contributed by atoms with van der Waals surface area (Å²) in [4.78, 5) is 2.57. The first-order chi connectivity index (χ1) is 10.0. The van der Waals surface area contributed by atoms with Crippen molar-refractivity contribution in [3.63, 3.8) is 0 Å². The molecule has 0 bridgehead atoms. The van der Waals surface area contributed by atoms with Crippen molar-refractivity contribution < 1.29 is 4.39 Å². The highest BCUT2D eigenvalue weighted by atomic mass is 32.2. The van der Waals surface area contributed by atoms with Crippen molar-refractivity contribution in [2.45, 2.75) is 44.5 Å². The lowest BCUT2D eigenvalue weighted by atomic mass is 10.0. The molecule has 1 heterocycles. The molecule has 0 saturated carbocycles. The molecule has 0 radical (unpaired) electrons. The molecule has 1 N–H and O–H groups in total. The molecular formula is C17H27FN2S. The van der Waals surface area contributed by atoms with Crippen LogP contribution < -0.4 is 5.32 Å². The topological polar surface area (TPSA) is 15.3 Å². The van der Waals surface area contributed by atoms with Gasteiger partial charge in [-0.2, -0.15) is 11.8 Å². The summed E-state index contributed by atoms with van der Waals surface area (Å²) in [6.07, 6.45) is 1.01. The van der Waals surface area contributed by atoms with Gasteiger partial charge in [0.05, 0.1) is 0 Å². The molecule has 1 aliphatic rings. The average molecular weight is 310 g/mol. The number of nitrogens with zero attached hydrogens (tertiary/aromatic N) is 1. The van der Waals surface area contributed by atoms with Crippen LogP contribution in [0.1, 0.15) is 37.4 Å². The summed E-state index contributed by atoms with van der Waals surface area (Å²) in [5.41, 5.74) is 1.76. The number of nitrogens with one attached hydrogen (secondary N) is 1. The lowest BCUT2D eigenvalue weighted by Gasteiger charge is -2.38. The minimum absolute atomic E-state index is 0.107. The SMILES string of the molecule is CNC(CCN1CCSC(C)C1C)c1ccc(C)c(F)c1. The van der Waals surface area contributed by atoms with Crippen LogP contribution in [0.25, 0.3) is 0 Å². The molecule has 118 valence electrons. The van der Waals surface area contributed by atoms with Crippen molar-refractivity contribution >= 4 is 11.8 Å². The van der Waals surface area contributed by atoms with Crippen LogP contribution >= 0.6 is 11.8 Å². The van der Waals surface area contributed by atoms with E-state index in [0.29, 0.717) is 16.9 Å². The Morgan fingerprint density at radius 2 is 2.19 bits per heavy atom. The van der Waals surface area contributed by atoms with Crippen molar-refractivity contribution in [1.29, 1.82) is 0 Å². The van der Waals surface area contributed by atoms with Crippen LogP contribution in [0.15, 0.2) is 18.2 Å². The lowest BCUT2D eigenvalue weighted by Crippen LogP contribution is -2.45. The van der Waals surface area contributed by atoms with E-state index >= 15 is 0 Å². The molecule has 1 aromatic carbocycles. The van der Waals surface area contributed by atoms with Gasteiger partial charge >= 0.3 is 0 Å². The number of hydrogen-bond donors (Lipinski definition) is 1. The number of aryl methyl sites for hydroxylation is 1. The molecule has 3 unspecified atom stereocenters. The summed E-state index contributed by atoms with van der Waals surface area (Å²) in [7, 11) is 1.96. The van der Waals surface area contributed by atoms with Gasteiger partial charge in [-0.05, 0) is 44.5 Å². The van der Waals surface area contributed by atoms with E-state index in [-0.39, 0.29) is 11.9 Å². The zero-order valence-corrected chi connectivity index (χ0v) is 14.3. The summed E-state index contributed by atoms with van der Waals surface area (Å²) >= 11 is 2.06. The first-order valence-corrected chi connectivity index (χ1v) is 8.86. The highest BCUT2D eigenvalue weighted by Gasteiger charge is 2.25. The molecule has 4 heteroatoms. The third-order valence-corrected chi connectivity index (χ3v) is 6.00. The van der Waals surface area contributed by atoms with Gasteiger partial charge in [0, 0.05) is 36.2 Å². The Labute approximate surface area is 132 Å². The summed E-state index contributed by atoms with van der Waals surface area (Å²) < 4.78 is 13.7. The molecular weight excluding hydrogens is 283 g/mol. The Hall–Kier alpha value is -0.580. The van der Waals surface area contributed by atoms with Gasteiger partial charge in [-0.1, -0.05) is 19.1 Å². The van der Waals surface area contributed by atoms with E-state index in [1.165, 1.54) is 5.75 Å². The Bertz CT molecular complexity index is 466. The summed E-state index contributed by atoms with van der Waals surface area (Å²) in [5.74, 6) is 1.11. The zero-order chi connectivity index (χ0) is 15.4. The Morgan fingerprint density at radius 3 is 2.86 bits per heavy atom. The first-order valence-electron chi connectivity index (χ1n) is 7.82. The molecule has 1 aliphatic heterocycles. The van der Waals surface area contributed by atoms with Crippen LogP contribution in [0.3, 0.4) is 0 Å². The van der Waals surface area contributed by atoms with E-state index in [9.17, 15) is 4.39 Å². The third kappa shape index (κ3) is 4.21. The van der Waals surface area contributed by atoms with Gasteiger partial charge < -0.3 is 5.32 Å². The second-order valence-electron chi connectivity index (χ2n) is 5.99. The largest absolute Gasteiger partial charge is 0.313 e. The van der Waals surface area contributed by atoms with Crippen LogP contribution in [0.5, 0.6) is 0 Å². The highest BCUT2D eigenvalue weighted by molar-refractivity contribution is 8.00. The Kier molecular flexibility index (Phi) is 6.08. The number of halogens is 1. The van der Waals surface area contributed by atoms with Crippen molar-refractivity contribution in [3.05, 3.63) is 35.1 Å². The molecule has 0 amide bonds. The third-order valence-electron chi connectivity index (χ3n) is 4.67. The number of rotatable bonds is 5. The van der Waals surface area contributed by atoms with E-state index in [0.717, 1.165) is 25.1 Å². The van der Waals surface area contributed by atoms with E-state index in [2.05, 4.69) is 35.8 Å². The van der Waals surface area contributed by atoms with Crippen molar-refractivity contribution in [2.75, 3.05) is 25.9 Å². The Morgan fingerprint density at radius 1 is 1.43 bits per heavy atom. The van der Waals surface area contributed by atoms with Gasteiger partial charge in [0.1, 0.15) is 5.82 Å². The molecule has 0 aromatic heterocycles. The maximum absolute atomic E-state index is 13.7. The van der Waals surface area contributed by atoms with E-state index < -0.39 is 0 Å². The van der Waals surface area contributed by atoms with Gasteiger partial charge in [0.2, 0.25) is 0 Å². The van der Waals surface area contributed by atoms with Crippen molar-refractivity contribution in [3.8, 4) is 0 Å². The fraction of sp³-hybridized carbons (Fsp3) is 0.647. The van der Waals surface area contributed by atoms with Crippen molar-refractivity contribution in [1.82, 2.24) is 10.2 Å². The minimum Gasteiger partial charge on any atom is -0.313 e. The molecule has 0 aliphatic carbocycles. The fourth-order valence-electron chi connectivity index (χ4n) is 2.91. The minimum atomic E-state index is -0.107. The summed E-state index contributed by atoms with van der Waals surface area (Å²) in [6.45, 7) is 8.66. The van der Waals surface area contributed by atoms with Gasteiger partial charge in [0.25, 0.3) is 0 Å². The predicted octanol–water partition coefficient (Wildman–Crippen LogP) is 3.61. The van der Waals surface area contributed by atoms with Crippen molar-refractivity contribution in [2.24, 2.45) is 0 Å². The molecule has 21 heavy (non-hydrogen) atoms. The van der Waals surface area contributed by atoms with Crippen LogP contribution in [-0.4, -0.2) is 42.1 Å². The van der Waals surface area contributed by atoms with Gasteiger partial charge in [-0.25, -0.2) is 4.39 Å². The second-order valence-corrected chi connectivity index (χ2v) is 7.48. The molecule has 1 saturated heterocycles. The molecule has 1 fully saturated rings. The quantitative estimate of drug-likeness (QED) is 0.894. The van der Waals surface area contributed by atoms with E-state index in [1.807, 2.05) is 26.1 Å². The Balaban J connectivity index is 1.97. The summed E-state index contributed by atoms with van der Waals surface area (Å²) in [5, 5.41) is 4.03. The molecule has 1 aromatic rings. The van der Waals surface area contributed by atoms with E-state index in [1.54, 1.807) is 6.07 Å². The molecule has 3 atom stereocenters. The fourth-order valence-corrected chi connectivity index (χ4v) is 4.07. The molecule has 2 rings (SSSR count). The van der Waals surface area contributed by atoms with Crippen LogP contribution in [0.2, 0.25) is 0 Å². The maximum Gasteiger partial charge on any atom is 0.126 e. The van der Waals surface area contributed by atoms with Crippen LogP contribution in [-0.2, 0) is 0 Å². The number of thioether (sulfide) groups is 1. The zero-order valence-electron chi connectivity index (χ0n) is 13.5.